The summed E-state index contributed by atoms with van der Waals surface area (Å²) in [6.45, 7) is 4.35. The third-order valence-electron chi connectivity index (χ3n) is 3.54. The van der Waals surface area contributed by atoms with E-state index >= 15 is 0 Å². The highest BCUT2D eigenvalue weighted by Crippen LogP contribution is 2.36. The fourth-order valence-corrected chi connectivity index (χ4v) is 2.99. The van der Waals surface area contributed by atoms with E-state index in [9.17, 15) is 0 Å². The Bertz CT molecular complexity index is 312. The smallest absolute Gasteiger partial charge is 0.00806 e. The van der Waals surface area contributed by atoms with Crippen molar-refractivity contribution in [3.63, 3.8) is 0 Å². The molecule has 84 valence electrons. The van der Waals surface area contributed by atoms with Gasteiger partial charge in [0.1, 0.15) is 0 Å². The molecule has 1 nitrogen and oxygen atoms in total. The van der Waals surface area contributed by atoms with E-state index in [2.05, 4.69) is 25.3 Å². The van der Waals surface area contributed by atoms with Gasteiger partial charge in [0.15, 0.2) is 0 Å². The minimum atomic E-state index is 0.263. The van der Waals surface area contributed by atoms with Gasteiger partial charge in [-0.25, -0.2) is 0 Å². The third kappa shape index (κ3) is 2.82. The van der Waals surface area contributed by atoms with Gasteiger partial charge in [0, 0.05) is 10.9 Å². The Morgan fingerprint density at radius 1 is 1.47 bits per heavy atom. The first-order chi connectivity index (χ1) is 7.18. The molecule has 0 spiro atoms. The highest BCUT2D eigenvalue weighted by molar-refractivity contribution is 7.10. The monoisotopic (exact) mass is 223 g/mol. The molecule has 2 atom stereocenters. The average Bonchev–Trinajstić information content (AvgIpc) is 2.92. The highest BCUT2D eigenvalue weighted by atomic mass is 32.1. The number of aryl methyl sites for hydroxylation is 1. The van der Waals surface area contributed by atoms with Gasteiger partial charge in [-0.1, -0.05) is 19.8 Å². The van der Waals surface area contributed by atoms with Crippen molar-refractivity contribution in [2.75, 3.05) is 0 Å². The summed E-state index contributed by atoms with van der Waals surface area (Å²) in [6, 6.07) is 2.53. The molecule has 0 aliphatic heterocycles. The second kappa shape index (κ2) is 4.67. The normalized spacial score (nSPS) is 20.2. The molecule has 1 aliphatic rings. The number of thiophene rings is 1. The Hall–Kier alpha value is -0.340. The number of rotatable bonds is 5. The van der Waals surface area contributed by atoms with Gasteiger partial charge < -0.3 is 5.73 Å². The second-order valence-electron chi connectivity index (χ2n) is 4.93. The van der Waals surface area contributed by atoms with E-state index in [4.69, 9.17) is 5.73 Å². The lowest BCUT2D eigenvalue weighted by Gasteiger charge is -2.16. The fourth-order valence-electron chi connectivity index (χ4n) is 1.98. The van der Waals surface area contributed by atoms with E-state index in [0.29, 0.717) is 5.92 Å². The van der Waals surface area contributed by atoms with E-state index in [-0.39, 0.29) is 6.04 Å². The third-order valence-corrected chi connectivity index (χ3v) is 4.53. The van der Waals surface area contributed by atoms with Gasteiger partial charge in [-0.3, -0.25) is 0 Å². The van der Waals surface area contributed by atoms with Crippen molar-refractivity contribution in [2.24, 2.45) is 11.7 Å². The Kier molecular flexibility index (Phi) is 3.47. The number of hydrogen-bond acceptors (Lipinski definition) is 2. The molecular formula is C13H21NS. The Morgan fingerprint density at radius 2 is 2.20 bits per heavy atom. The van der Waals surface area contributed by atoms with E-state index in [1.165, 1.54) is 31.2 Å². The molecule has 0 amide bonds. The first kappa shape index (κ1) is 11.2. The van der Waals surface area contributed by atoms with E-state index in [1.54, 1.807) is 4.88 Å². The van der Waals surface area contributed by atoms with Gasteiger partial charge >= 0.3 is 0 Å². The predicted molar refractivity (Wildman–Crippen MR) is 67.4 cm³/mol. The van der Waals surface area contributed by atoms with E-state index in [0.717, 1.165) is 5.92 Å². The summed E-state index contributed by atoms with van der Waals surface area (Å²) in [6.07, 6.45) is 5.58. The average molecular weight is 223 g/mol. The number of nitrogens with two attached hydrogens (primary N) is 1. The molecule has 2 heteroatoms. The van der Waals surface area contributed by atoms with Crippen molar-refractivity contribution in [3.8, 4) is 0 Å². The molecule has 15 heavy (non-hydrogen) atoms. The molecule has 1 aromatic heterocycles. The van der Waals surface area contributed by atoms with Crippen LogP contribution in [0, 0.1) is 5.92 Å². The quantitative estimate of drug-likeness (QED) is 0.812. The SMILES string of the molecule is C[C@H](c1ccsc1CCC1CC1)[C@@H](C)N. The molecule has 1 saturated carbocycles. The van der Waals surface area contributed by atoms with Crippen molar-refractivity contribution >= 4 is 11.3 Å². The predicted octanol–water partition coefficient (Wildman–Crippen LogP) is 3.54. The molecule has 0 unspecified atom stereocenters. The summed E-state index contributed by atoms with van der Waals surface area (Å²) in [5, 5.41) is 2.22. The molecule has 1 aromatic rings. The lowest BCUT2D eigenvalue weighted by Crippen LogP contribution is -2.22. The molecule has 1 aliphatic carbocycles. The zero-order valence-corrected chi connectivity index (χ0v) is 10.5. The zero-order chi connectivity index (χ0) is 10.8. The van der Waals surface area contributed by atoms with Gasteiger partial charge in [0.25, 0.3) is 0 Å². The molecule has 0 aromatic carbocycles. The molecule has 1 fully saturated rings. The maximum atomic E-state index is 5.97. The van der Waals surface area contributed by atoms with Gasteiger partial charge in [-0.15, -0.1) is 11.3 Å². The molecule has 2 N–H and O–H groups in total. The maximum Gasteiger partial charge on any atom is 0.00806 e. The lowest BCUT2D eigenvalue weighted by atomic mass is 9.94. The van der Waals surface area contributed by atoms with Gasteiger partial charge in [-0.05, 0) is 48.6 Å². The Balaban J connectivity index is 1.99. The van der Waals surface area contributed by atoms with Gasteiger partial charge in [0.05, 0.1) is 0 Å². The first-order valence-electron chi connectivity index (χ1n) is 6.00. The van der Waals surface area contributed by atoms with Crippen LogP contribution in [0.4, 0.5) is 0 Å². The van der Waals surface area contributed by atoms with Crippen molar-refractivity contribution < 1.29 is 0 Å². The first-order valence-corrected chi connectivity index (χ1v) is 6.88. The van der Waals surface area contributed by atoms with Crippen LogP contribution in [-0.2, 0) is 6.42 Å². The maximum absolute atomic E-state index is 5.97. The molecule has 2 rings (SSSR count). The topological polar surface area (TPSA) is 26.0 Å². The van der Waals surface area contributed by atoms with Crippen LogP contribution in [0.3, 0.4) is 0 Å². The van der Waals surface area contributed by atoms with Crippen LogP contribution < -0.4 is 5.73 Å². The van der Waals surface area contributed by atoms with Crippen molar-refractivity contribution in [1.82, 2.24) is 0 Å². The van der Waals surface area contributed by atoms with Crippen LogP contribution in [0.1, 0.15) is 49.5 Å². The molecule has 0 radical (unpaired) electrons. The fraction of sp³-hybridized carbons (Fsp3) is 0.692. The zero-order valence-electron chi connectivity index (χ0n) is 9.70. The molecular weight excluding hydrogens is 202 g/mol. The Morgan fingerprint density at radius 3 is 2.80 bits per heavy atom. The van der Waals surface area contributed by atoms with Crippen molar-refractivity contribution in [1.29, 1.82) is 0 Å². The van der Waals surface area contributed by atoms with Crippen molar-refractivity contribution in [2.45, 2.75) is 51.5 Å². The van der Waals surface area contributed by atoms with Crippen LogP contribution in [0.5, 0.6) is 0 Å². The van der Waals surface area contributed by atoms with Crippen molar-refractivity contribution in [3.05, 3.63) is 21.9 Å². The summed E-state index contributed by atoms with van der Waals surface area (Å²) in [7, 11) is 0. The summed E-state index contributed by atoms with van der Waals surface area (Å²) >= 11 is 1.91. The van der Waals surface area contributed by atoms with Gasteiger partial charge in [0.2, 0.25) is 0 Å². The lowest BCUT2D eigenvalue weighted by molar-refractivity contribution is 0.607. The summed E-state index contributed by atoms with van der Waals surface area (Å²) in [5.74, 6) is 1.54. The van der Waals surface area contributed by atoms with Crippen LogP contribution >= 0.6 is 11.3 Å². The van der Waals surface area contributed by atoms with Crippen LogP contribution in [0.25, 0.3) is 0 Å². The van der Waals surface area contributed by atoms with Crippen LogP contribution in [0.15, 0.2) is 11.4 Å². The van der Waals surface area contributed by atoms with E-state index in [1.807, 2.05) is 11.3 Å². The minimum absolute atomic E-state index is 0.263. The molecule has 0 saturated heterocycles. The standard InChI is InChI=1S/C13H21NS/c1-9(10(2)14)12-7-8-15-13(12)6-5-11-3-4-11/h7-11H,3-6,14H2,1-2H3/t9-,10+/m0/s1. The largest absolute Gasteiger partial charge is 0.327 e. The van der Waals surface area contributed by atoms with Gasteiger partial charge in [-0.2, -0.15) is 0 Å². The summed E-state index contributed by atoms with van der Waals surface area (Å²) in [4.78, 5) is 1.58. The summed E-state index contributed by atoms with van der Waals surface area (Å²) < 4.78 is 0. The minimum Gasteiger partial charge on any atom is -0.327 e. The highest BCUT2D eigenvalue weighted by Gasteiger charge is 2.22. The number of hydrogen-bond donors (Lipinski definition) is 1. The summed E-state index contributed by atoms with van der Waals surface area (Å²) in [5.41, 5.74) is 7.46. The van der Waals surface area contributed by atoms with Crippen LogP contribution in [-0.4, -0.2) is 6.04 Å². The Labute approximate surface area is 96.7 Å². The molecule has 0 bridgehead atoms. The van der Waals surface area contributed by atoms with E-state index < -0.39 is 0 Å². The molecule has 1 heterocycles. The second-order valence-corrected chi connectivity index (χ2v) is 5.93. The van der Waals surface area contributed by atoms with Crippen LogP contribution in [0.2, 0.25) is 0 Å².